The molecule has 286 valence electrons. The lowest BCUT2D eigenvalue weighted by atomic mass is 9.98. The number of carbonyl (C=O) groups is 4. The molecule has 0 saturated heterocycles. The quantitative estimate of drug-likeness (QED) is 0.0536. The Morgan fingerprint density at radius 3 is 0.820 bits per heavy atom. The summed E-state index contributed by atoms with van der Waals surface area (Å²) in [5.74, 6) is -4.73. The van der Waals surface area contributed by atoms with E-state index in [1.807, 2.05) is 0 Å². The second kappa shape index (κ2) is 30.9. The van der Waals surface area contributed by atoms with Crippen LogP contribution in [0.15, 0.2) is 12.1 Å². The van der Waals surface area contributed by atoms with Crippen molar-refractivity contribution < 1.29 is 38.9 Å². The molecule has 1 rings (SSSR count). The Labute approximate surface area is 303 Å². The summed E-state index contributed by atoms with van der Waals surface area (Å²) in [6.45, 7) is 4.75. The molecule has 8 heteroatoms. The summed E-state index contributed by atoms with van der Waals surface area (Å²) in [6.07, 6.45) is 33.7. The van der Waals surface area contributed by atoms with Crippen molar-refractivity contribution in [3.8, 4) is 0 Å². The zero-order valence-corrected chi connectivity index (χ0v) is 31.7. The first-order valence-electron chi connectivity index (χ1n) is 20.3. The molecule has 0 heterocycles. The van der Waals surface area contributed by atoms with Crippen molar-refractivity contribution in [3.05, 3.63) is 34.4 Å². The number of esters is 2. The molecule has 50 heavy (non-hydrogen) atoms. The largest absolute Gasteiger partial charge is 0.478 e. The van der Waals surface area contributed by atoms with Gasteiger partial charge < -0.3 is 19.7 Å². The topological polar surface area (TPSA) is 127 Å². The molecule has 2 N–H and O–H groups in total. The van der Waals surface area contributed by atoms with Gasteiger partial charge in [-0.15, -0.1) is 0 Å². The van der Waals surface area contributed by atoms with E-state index >= 15 is 0 Å². The van der Waals surface area contributed by atoms with Crippen molar-refractivity contribution in [2.75, 3.05) is 13.2 Å². The number of hydrogen-bond acceptors (Lipinski definition) is 6. The highest BCUT2D eigenvalue weighted by Gasteiger charge is 2.27. The van der Waals surface area contributed by atoms with Gasteiger partial charge in [0.2, 0.25) is 0 Å². The molecule has 1 aromatic carbocycles. The highest BCUT2D eigenvalue weighted by atomic mass is 16.5. The summed E-state index contributed by atoms with van der Waals surface area (Å²) in [5.41, 5.74) is -1.73. The maximum absolute atomic E-state index is 13.0. The molecule has 0 aliphatic rings. The van der Waals surface area contributed by atoms with E-state index in [0.717, 1.165) is 50.7 Å². The molecule has 0 amide bonds. The van der Waals surface area contributed by atoms with Gasteiger partial charge in [-0.05, 0) is 25.0 Å². The third-order valence-corrected chi connectivity index (χ3v) is 9.52. The molecule has 0 bridgehead atoms. The monoisotopic (exact) mass is 703 g/mol. The molecule has 0 saturated carbocycles. The molecule has 0 spiro atoms. The normalized spacial score (nSPS) is 11.1. The van der Waals surface area contributed by atoms with Gasteiger partial charge in [-0.3, -0.25) is 0 Å². The van der Waals surface area contributed by atoms with Crippen molar-refractivity contribution in [2.45, 2.75) is 194 Å². The van der Waals surface area contributed by atoms with Crippen LogP contribution in [0.25, 0.3) is 0 Å². The second-order valence-electron chi connectivity index (χ2n) is 14.0. The van der Waals surface area contributed by atoms with E-state index in [2.05, 4.69) is 13.8 Å². The van der Waals surface area contributed by atoms with Crippen molar-refractivity contribution in [2.24, 2.45) is 0 Å². The van der Waals surface area contributed by atoms with Crippen molar-refractivity contribution in [3.63, 3.8) is 0 Å². The predicted molar refractivity (Wildman–Crippen MR) is 202 cm³/mol. The molecule has 0 aliphatic heterocycles. The molecule has 0 aliphatic carbocycles. The molecular weight excluding hydrogens is 632 g/mol. The van der Waals surface area contributed by atoms with Gasteiger partial charge in [0.15, 0.2) is 0 Å². The van der Waals surface area contributed by atoms with E-state index in [1.165, 1.54) is 128 Å². The molecule has 1 aromatic rings. The van der Waals surface area contributed by atoms with Crippen LogP contribution in [0.3, 0.4) is 0 Å². The van der Waals surface area contributed by atoms with Gasteiger partial charge >= 0.3 is 23.9 Å². The second-order valence-corrected chi connectivity index (χ2v) is 14.0. The van der Waals surface area contributed by atoms with Crippen LogP contribution in [0.1, 0.15) is 235 Å². The summed E-state index contributed by atoms with van der Waals surface area (Å²) in [7, 11) is 0. The van der Waals surface area contributed by atoms with E-state index < -0.39 is 35.0 Å². The Morgan fingerprint density at radius 2 is 0.600 bits per heavy atom. The van der Waals surface area contributed by atoms with Crippen LogP contribution >= 0.6 is 0 Å². The van der Waals surface area contributed by atoms with E-state index in [1.54, 1.807) is 0 Å². The number of unbranched alkanes of at least 4 members (excludes halogenated alkanes) is 26. The first-order chi connectivity index (χ1) is 24.3. The van der Waals surface area contributed by atoms with Crippen LogP contribution in [0.2, 0.25) is 0 Å². The fraction of sp³-hybridized carbons (Fsp3) is 0.762. The Hall–Kier alpha value is -2.90. The average molecular weight is 703 g/mol. The average Bonchev–Trinajstić information content (AvgIpc) is 3.10. The van der Waals surface area contributed by atoms with E-state index in [0.29, 0.717) is 12.8 Å². The van der Waals surface area contributed by atoms with Crippen molar-refractivity contribution in [1.82, 2.24) is 0 Å². The number of ether oxygens (including phenoxy) is 2. The number of benzene rings is 1. The standard InChI is InChI=1S/C42H70O8/c1-3-5-7-9-11-13-15-17-19-21-23-25-27-29-31-49-41(47)37-33-35(39(43)44)36(40(45)46)34-38(37)42(48)50-32-30-28-26-24-22-20-18-16-14-12-10-8-6-4-2/h33-34H,3-32H2,1-2H3,(H,43,44)(H,45,46). The third-order valence-electron chi connectivity index (χ3n) is 9.52. The van der Waals surface area contributed by atoms with Crippen molar-refractivity contribution in [1.29, 1.82) is 0 Å². The van der Waals surface area contributed by atoms with Crippen LogP contribution < -0.4 is 0 Å². The first kappa shape index (κ1) is 45.1. The van der Waals surface area contributed by atoms with Crippen LogP contribution in [0, 0.1) is 0 Å². The Morgan fingerprint density at radius 1 is 0.380 bits per heavy atom. The van der Waals surface area contributed by atoms with Gasteiger partial charge in [0.25, 0.3) is 0 Å². The number of hydrogen-bond donors (Lipinski definition) is 2. The summed E-state index contributed by atoms with van der Waals surface area (Å²) < 4.78 is 10.8. The van der Waals surface area contributed by atoms with Crippen LogP contribution in [-0.2, 0) is 9.47 Å². The zero-order valence-electron chi connectivity index (χ0n) is 31.7. The highest BCUT2D eigenvalue weighted by Crippen LogP contribution is 2.21. The summed E-state index contributed by atoms with van der Waals surface area (Å²) in [6, 6.07) is 1.84. The van der Waals surface area contributed by atoms with E-state index in [9.17, 15) is 29.4 Å². The van der Waals surface area contributed by atoms with Gasteiger partial charge in [0.1, 0.15) is 0 Å². The molecule has 0 aromatic heterocycles. The van der Waals surface area contributed by atoms with Gasteiger partial charge in [-0.25, -0.2) is 19.2 Å². The Bertz CT molecular complexity index is 983. The molecule has 0 radical (unpaired) electrons. The Kier molecular flexibility index (Phi) is 27.9. The van der Waals surface area contributed by atoms with E-state index in [4.69, 9.17) is 9.47 Å². The molecule has 0 unspecified atom stereocenters. The lowest BCUT2D eigenvalue weighted by Gasteiger charge is -2.13. The number of rotatable bonds is 34. The number of carboxylic acid groups (broad SMARTS) is 2. The van der Waals surface area contributed by atoms with Gasteiger partial charge in [-0.1, -0.05) is 181 Å². The molecular formula is C42H70O8. The smallest absolute Gasteiger partial charge is 0.339 e. The molecule has 0 atom stereocenters. The first-order valence-corrected chi connectivity index (χ1v) is 20.3. The lowest BCUT2D eigenvalue weighted by Crippen LogP contribution is -2.19. The summed E-state index contributed by atoms with van der Waals surface area (Å²) >= 11 is 0. The Balaban J connectivity index is 2.41. The molecule has 8 nitrogen and oxygen atoms in total. The van der Waals surface area contributed by atoms with Crippen molar-refractivity contribution >= 4 is 23.9 Å². The number of carbonyl (C=O) groups excluding carboxylic acids is 2. The molecule has 0 fully saturated rings. The maximum Gasteiger partial charge on any atom is 0.339 e. The van der Waals surface area contributed by atoms with Crippen LogP contribution in [0.4, 0.5) is 0 Å². The fourth-order valence-corrected chi connectivity index (χ4v) is 6.37. The van der Waals surface area contributed by atoms with Gasteiger partial charge in [-0.2, -0.15) is 0 Å². The summed E-state index contributed by atoms with van der Waals surface area (Å²) in [5, 5.41) is 19.2. The van der Waals surface area contributed by atoms with Crippen LogP contribution in [0.5, 0.6) is 0 Å². The van der Waals surface area contributed by atoms with Gasteiger partial charge in [0.05, 0.1) is 35.5 Å². The fourth-order valence-electron chi connectivity index (χ4n) is 6.37. The van der Waals surface area contributed by atoms with E-state index in [-0.39, 0.29) is 24.3 Å². The van der Waals surface area contributed by atoms with Crippen LogP contribution in [-0.4, -0.2) is 47.3 Å². The maximum atomic E-state index is 13.0. The minimum atomic E-state index is -1.51. The number of aromatic carboxylic acids is 2. The number of carboxylic acids is 2. The summed E-state index contributed by atoms with van der Waals surface area (Å²) in [4.78, 5) is 49.6. The third kappa shape index (κ3) is 22.0. The lowest BCUT2D eigenvalue weighted by molar-refractivity contribution is 0.0449. The predicted octanol–water partition coefficient (Wildman–Crippen LogP) is 12.4. The minimum absolute atomic E-state index is 0.132. The zero-order chi connectivity index (χ0) is 36.7. The highest BCUT2D eigenvalue weighted by molar-refractivity contribution is 6.09. The minimum Gasteiger partial charge on any atom is -0.478 e. The van der Waals surface area contributed by atoms with Gasteiger partial charge in [0, 0.05) is 0 Å². The SMILES string of the molecule is CCCCCCCCCCCCCCCCOC(=O)c1cc(C(=O)O)c(C(=O)O)cc1C(=O)OCCCCCCCCCCCCCCCC.